The molecule has 2 N–H and O–H groups in total. The van der Waals surface area contributed by atoms with Gasteiger partial charge in [0.15, 0.2) is 0 Å². The van der Waals surface area contributed by atoms with Crippen molar-refractivity contribution in [2.75, 3.05) is 33.3 Å². The van der Waals surface area contributed by atoms with Crippen LogP contribution in [0.4, 0.5) is 0 Å². The highest BCUT2D eigenvalue weighted by molar-refractivity contribution is 5.96. The van der Waals surface area contributed by atoms with Gasteiger partial charge in [0.2, 0.25) is 0 Å². The van der Waals surface area contributed by atoms with Crippen molar-refractivity contribution >= 4 is 16.9 Å². The molecule has 3 aromatic rings. The molecule has 0 radical (unpaired) electrons. The Morgan fingerprint density at radius 3 is 2.66 bits per heavy atom. The Balaban J connectivity index is 1.30. The fourth-order valence-corrected chi connectivity index (χ4v) is 4.09. The van der Waals surface area contributed by atoms with Crippen molar-refractivity contribution in [2.45, 2.75) is 18.9 Å². The predicted octanol–water partition coefficient (Wildman–Crippen LogP) is 2.41. The number of para-hydroxylation sites is 3. The number of likely N-dealkylation sites (tertiary alicyclic amines) is 1. The molecule has 1 aromatic heterocycles. The number of rotatable bonds is 6. The summed E-state index contributed by atoms with van der Waals surface area (Å²) >= 11 is 0. The van der Waals surface area contributed by atoms with E-state index < -0.39 is 0 Å². The van der Waals surface area contributed by atoms with Gasteiger partial charge < -0.3 is 19.9 Å². The lowest BCUT2D eigenvalue weighted by atomic mass is 10.0. The van der Waals surface area contributed by atoms with Gasteiger partial charge in [0, 0.05) is 32.2 Å². The lowest BCUT2D eigenvalue weighted by Crippen LogP contribution is -2.41. The average Bonchev–Trinajstić information content (AvgIpc) is 3.10. The van der Waals surface area contributed by atoms with Crippen molar-refractivity contribution in [1.82, 2.24) is 19.8 Å². The number of nitrogens with zero attached hydrogens (tertiary/aromatic N) is 2. The summed E-state index contributed by atoms with van der Waals surface area (Å²) in [6.45, 7) is 3.17. The Labute approximate surface area is 169 Å². The number of methoxy groups -OCH3 is 1. The van der Waals surface area contributed by atoms with Crippen LogP contribution in [-0.4, -0.2) is 53.6 Å². The van der Waals surface area contributed by atoms with Crippen LogP contribution in [0.15, 0.2) is 53.3 Å². The van der Waals surface area contributed by atoms with Gasteiger partial charge in [-0.05, 0) is 37.1 Å². The molecule has 1 saturated heterocycles. The van der Waals surface area contributed by atoms with E-state index in [-0.39, 0.29) is 17.6 Å². The van der Waals surface area contributed by atoms with Gasteiger partial charge in [-0.15, -0.1) is 0 Å². The third-order valence-electron chi connectivity index (χ3n) is 5.61. The van der Waals surface area contributed by atoms with Crippen LogP contribution in [0, 0.1) is 0 Å². The van der Waals surface area contributed by atoms with E-state index in [0.29, 0.717) is 17.9 Å². The van der Waals surface area contributed by atoms with E-state index in [1.165, 1.54) is 0 Å². The van der Waals surface area contributed by atoms with Gasteiger partial charge in [-0.3, -0.25) is 9.36 Å². The molecule has 1 amide bonds. The molecule has 1 aliphatic rings. The maximum Gasteiger partial charge on any atom is 0.326 e. The first-order chi connectivity index (χ1) is 14.2. The number of carbonyl (C=O) groups is 1. The number of fused-ring (bicyclic) bond motifs is 1. The van der Waals surface area contributed by atoms with Crippen LogP contribution < -0.4 is 15.7 Å². The Morgan fingerprint density at radius 2 is 1.86 bits per heavy atom. The van der Waals surface area contributed by atoms with Crippen LogP contribution in [0.3, 0.4) is 0 Å². The number of hydrogen-bond donors (Lipinski definition) is 2. The van der Waals surface area contributed by atoms with Crippen molar-refractivity contribution in [1.29, 1.82) is 0 Å². The Hall–Kier alpha value is -3.06. The third-order valence-corrected chi connectivity index (χ3v) is 5.61. The van der Waals surface area contributed by atoms with E-state index >= 15 is 0 Å². The Kier molecular flexibility index (Phi) is 5.67. The quantitative estimate of drug-likeness (QED) is 0.673. The van der Waals surface area contributed by atoms with Gasteiger partial charge in [-0.25, -0.2) is 4.79 Å². The highest BCUT2D eigenvalue weighted by Gasteiger charge is 2.23. The summed E-state index contributed by atoms with van der Waals surface area (Å²) in [7, 11) is 1.56. The van der Waals surface area contributed by atoms with Crippen molar-refractivity contribution in [2.24, 2.45) is 0 Å². The number of benzene rings is 2. The summed E-state index contributed by atoms with van der Waals surface area (Å²) in [5.74, 6) is 0.456. The standard InChI is InChI=1S/C22H26N4O3/c1-29-20-9-5-2-6-17(20)21(27)23-12-15-25-13-10-16(11-14-25)26-19-8-4-3-7-18(19)24-22(26)28/h2-9,16H,10-15H2,1H3,(H,23,27)(H,24,28). The second-order valence-corrected chi connectivity index (χ2v) is 7.35. The highest BCUT2D eigenvalue weighted by Crippen LogP contribution is 2.24. The average molecular weight is 394 g/mol. The van der Waals surface area contributed by atoms with E-state index in [2.05, 4.69) is 15.2 Å². The number of H-pyrrole nitrogens is 1. The van der Waals surface area contributed by atoms with Crippen molar-refractivity contribution in [3.05, 3.63) is 64.6 Å². The second kappa shape index (κ2) is 8.53. The number of ether oxygens (including phenoxy) is 1. The van der Waals surface area contributed by atoms with Gasteiger partial charge in [0.05, 0.1) is 23.7 Å². The molecule has 0 unspecified atom stereocenters. The summed E-state index contributed by atoms with van der Waals surface area (Å²) in [4.78, 5) is 30.0. The molecular weight excluding hydrogens is 368 g/mol. The number of hydrogen-bond acceptors (Lipinski definition) is 4. The number of piperidine rings is 1. The molecule has 1 fully saturated rings. The molecule has 4 rings (SSSR count). The van der Waals surface area contributed by atoms with Crippen molar-refractivity contribution in [3.8, 4) is 5.75 Å². The largest absolute Gasteiger partial charge is 0.496 e. The molecular formula is C22H26N4O3. The predicted molar refractivity (Wildman–Crippen MR) is 113 cm³/mol. The van der Waals surface area contributed by atoms with Gasteiger partial charge in [-0.1, -0.05) is 24.3 Å². The van der Waals surface area contributed by atoms with Crippen LogP contribution in [0.5, 0.6) is 5.75 Å². The summed E-state index contributed by atoms with van der Waals surface area (Å²) in [6, 6.07) is 15.3. The summed E-state index contributed by atoms with van der Waals surface area (Å²) in [6.07, 6.45) is 1.84. The monoisotopic (exact) mass is 394 g/mol. The number of carbonyl (C=O) groups excluding carboxylic acids is 1. The summed E-state index contributed by atoms with van der Waals surface area (Å²) in [5.41, 5.74) is 2.38. The zero-order chi connectivity index (χ0) is 20.2. The smallest absolute Gasteiger partial charge is 0.326 e. The van der Waals surface area contributed by atoms with E-state index in [1.54, 1.807) is 19.2 Å². The van der Waals surface area contributed by atoms with E-state index in [1.807, 2.05) is 41.0 Å². The molecule has 0 atom stereocenters. The van der Waals surface area contributed by atoms with Crippen LogP contribution in [0.2, 0.25) is 0 Å². The van der Waals surface area contributed by atoms with Crippen molar-refractivity contribution in [3.63, 3.8) is 0 Å². The van der Waals surface area contributed by atoms with Gasteiger partial charge in [-0.2, -0.15) is 0 Å². The topological polar surface area (TPSA) is 79.4 Å². The summed E-state index contributed by atoms with van der Waals surface area (Å²) in [5, 5.41) is 2.97. The lowest BCUT2D eigenvalue weighted by molar-refractivity contribution is 0.0941. The molecule has 0 saturated carbocycles. The Morgan fingerprint density at radius 1 is 1.14 bits per heavy atom. The first kappa shape index (κ1) is 19.3. The minimum absolute atomic E-state index is 0.0336. The fraction of sp³-hybridized carbons (Fsp3) is 0.364. The minimum atomic E-state index is -0.123. The SMILES string of the molecule is COc1ccccc1C(=O)NCCN1CCC(n2c(=O)[nH]c3ccccc32)CC1. The molecule has 2 aromatic carbocycles. The maximum atomic E-state index is 12.4. The van der Waals surface area contributed by atoms with E-state index in [4.69, 9.17) is 4.74 Å². The molecule has 0 bridgehead atoms. The molecule has 7 nitrogen and oxygen atoms in total. The third kappa shape index (κ3) is 4.05. The van der Waals surface area contributed by atoms with Crippen LogP contribution in [0.1, 0.15) is 29.2 Å². The van der Waals surface area contributed by atoms with Gasteiger partial charge >= 0.3 is 5.69 Å². The minimum Gasteiger partial charge on any atom is -0.496 e. The fourth-order valence-electron chi connectivity index (χ4n) is 4.09. The number of imidazole rings is 1. The number of nitrogens with one attached hydrogen (secondary N) is 2. The molecule has 29 heavy (non-hydrogen) atoms. The van der Waals surface area contributed by atoms with Gasteiger partial charge in [0.25, 0.3) is 5.91 Å². The molecule has 2 heterocycles. The lowest BCUT2D eigenvalue weighted by Gasteiger charge is -2.32. The van der Waals surface area contributed by atoms with E-state index in [0.717, 1.165) is 43.5 Å². The van der Waals surface area contributed by atoms with Gasteiger partial charge in [0.1, 0.15) is 5.75 Å². The first-order valence-corrected chi connectivity index (χ1v) is 10.00. The molecule has 1 aliphatic heterocycles. The normalized spacial score (nSPS) is 15.5. The zero-order valence-electron chi connectivity index (χ0n) is 16.6. The summed E-state index contributed by atoms with van der Waals surface area (Å²) < 4.78 is 7.15. The maximum absolute atomic E-state index is 12.4. The molecule has 152 valence electrons. The molecule has 0 spiro atoms. The molecule has 7 heteroatoms. The Bertz CT molecular complexity index is 1050. The molecule has 0 aliphatic carbocycles. The van der Waals surface area contributed by atoms with Crippen LogP contribution in [0.25, 0.3) is 11.0 Å². The van der Waals surface area contributed by atoms with E-state index in [9.17, 15) is 9.59 Å². The highest BCUT2D eigenvalue weighted by atomic mass is 16.5. The zero-order valence-corrected chi connectivity index (χ0v) is 16.6. The van der Waals surface area contributed by atoms with Crippen LogP contribution >= 0.6 is 0 Å². The first-order valence-electron chi connectivity index (χ1n) is 10.00. The van der Waals surface area contributed by atoms with Crippen LogP contribution in [-0.2, 0) is 0 Å². The number of aromatic nitrogens is 2. The number of aromatic amines is 1. The van der Waals surface area contributed by atoms with Crippen molar-refractivity contribution < 1.29 is 9.53 Å². The second-order valence-electron chi connectivity index (χ2n) is 7.35. The number of amides is 1.